The standard InChI is InChI=1S/C14H14F2N6O2/c1-7-8(3-22-6-11(12(23)24)19-20-22)2-17-13(18-7)21-4-9-10(5-21)14(9,15)16/h2,6,9-10H,3-5H2,1H3,(H,23,24)/p-1. The molecule has 2 fully saturated rings. The number of hydrogen-bond acceptors (Lipinski definition) is 7. The van der Waals surface area contributed by atoms with Crippen molar-refractivity contribution in [2.45, 2.75) is 19.4 Å². The van der Waals surface area contributed by atoms with Gasteiger partial charge in [0.05, 0.1) is 30.5 Å². The average molecular weight is 335 g/mol. The molecule has 1 aliphatic carbocycles. The summed E-state index contributed by atoms with van der Waals surface area (Å²) in [6, 6.07) is 0. The van der Waals surface area contributed by atoms with Gasteiger partial charge in [-0.25, -0.2) is 23.4 Å². The number of carboxylic acid groups (broad SMARTS) is 1. The number of hydrogen-bond donors (Lipinski definition) is 0. The quantitative estimate of drug-likeness (QED) is 0.742. The van der Waals surface area contributed by atoms with Crippen LogP contribution < -0.4 is 10.0 Å². The third-order valence-corrected chi connectivity index (χ3v) is 4.63. The van der Waals surface area contributed by atoms with Crippen LogP contribution in [0.5, 0.6) is 0 Å². The number of aromatic carboxylic acids is 1. The summed E-state index contributed by atoms with van der Waals surface area (Å²) in [6.45, 7) is 2.58. The van der Waals surface area contributed by atoms with E-state index in [0.717, 1.165) is 5.56 Å². The highest BCUT2D eigenvalue weighted by Crippen LogP contribution is 2.59. The van der Waals surface area contributed by atoms with Crippen molar-refractivity contribution in [3.05, 3.63) is 29.3 Å². The first-order valence-corrected chi connectivity index (χ1v) is 7.43. The molecule has 4 rings (SSSR count). The minimum atomic E-state index is -2.53. The van der Waals surface area contributed by atoms with Crippen molar-refractivity contribution in [3.8, 4) is 0 Å². The van der Waals surface area contributed by atoms with Crippen molar-refractivity contribution in [2.24, 2.45) is 11.8 Å². The predicted octanol–water partition coefficient (Wildman–Crippen LogP) is -0.510. The molecule has 2 unspecified atom stereocenters. The summed E-state index contributed by atoms with van der Waals surface area (Å²) in [7, 11) is 0. The zero-order chi connectivity index (χ0) is 17.1. The van der Waals surface area contributed by atoms with Gasteiger partial charge in [-0.05, 0) is 6.92 Å². The Hall–Kier alpha value is -2.65. The summed E-state index contributed by atoms with van der Waals surface area (Å²) in [5, 5.41) is 17.9. The Kier molecular flexibility index (Phi) is 3.06. The third kappa shape index (κ3) is 2.29. The molecule has 1 saturated carbocycles. The zero-order valence-corrected chi connectivity index (χ0v) is 12.7. The Morgan fingerprint density at radius 1 is 1.42 bits per heavy atom. The number of rotatable bonds is 4. The van der Waals surface area contributed by atoms with Crippen molar-refractivity contribution in [1.29, 1.82) is 0 Å². The molecule has 2 aromatic rings. The highest BCUT2D eigenvalue weighted by molar-refractivity contribution is 5.82. The second-order valence-electron chi connectivity index (χ2n) is 6.16. The van der Waals surface area contributed by atoms with Crippen LogP contribution in [0, 0.1) is 18.8 Å². The van der Waals surface area contributed by atoms with Crippen LogP contribution in [0.15, 0.2) is 12.4 Å². The molecule has 126 valence electrons. The fraction of sp³-hybridized carbons (Fsp3) is 0.500. The Labute approximate surface area is 135 Å². The number of aryl methyl sites for hydroxylation is 1. The fourth-order valence-electron chi connectivity index (χ4n) is 3.10. The van der Waals surface area contributed by atoms with E-state index in [0.29, 0.717) is 11.6 Å². The van der Waals surface area contributed by atoms with E-state index in [1.54, 1.807) is 18.0 Å². The van der Waals surface area contributed by atoms with E-state index in [4.69, 9.17) is 0 Å². The first kappa shape index (κ1) is 14.9. The smallest absolute Gasteiger partial charge is 0.258 e. The summed E-state index contributed by atoms with van der Waals surface area (Å²) in [6.07, 6.45) is 2.86. The SMILES string of the molecule is Cc1nc(N2CC3C(C2)C3(F)F)ncc1Cn1cc(C(=O)[O-])nn1. The molecular weight excluding hydrogens is 322 g/mol. The summed E-state index contributed by atoms with van der Waals surface area (Å²) in [5.41, 5.74) is 1.17. The van der Waals surface area contributed by atoms with Crippen LogP contribution in [0.3, 0.4) is 0 Å². The Morgan fingerprint density at radius 2 is 2.12 bits per heavy atom. The molecule has 2 aromatic heterocycles. The van der Waals surface area contributed by atoms with Gasteiger partial charge in [-0.15, -0.1) is 5.10 Å². The molecule has 1 aliphatic heterocycles. The molecule has 0 aromatic carbocycles. The van der Waals surface area contributed by atoms with Gasteiger partial charge in [-0.1, -0.05) is 5.21 Å². The van der Waals surface area contributed by atoms with E-state index in [9.17, 15) is 18.7 Å². The van der Waals surface area contributed by atoms with Crippen LogP contribution >= 0.6 is 0 Å². The van der Waals surface area contributed by atoms with Gasteiger partial charge in [-0.2, -0.15) is 0 Å². The number of alkyl halides is 2. The maximum absolute atomic E-state index is 13.2. The number of piperidine rings is 1. The van der Waals surface area contributed by atoms with E-state index in [1.165, 1.54) is 10.9 Å². The number of halogens is 2. The maximum Gasteiger partial charge on any atom is 0.258 e. The van der Waals surface area contributed by atoms with E-state index < -0.39 is 23.7 Å². The van der Waals surface area contributed by atoms with Crippen LogP contribution in [0.4, 0.5) is 14.7 Å². The van der Waals surface area contributed by atoms with Crippen LogP contribution in [0.25, 0.3) is 0 Å². The van der Waals surface area contributed by atoms with Gasteiger partial charge in [0.1, 0.15) is 5.69 Å². The number of nitrogens with zero attached hydrogens (tertiary/aromatic N) is 6. The van der Waals surface area contributed by atoms with Crippen LogP contribution in [-0.2, 0) is 6.54 Å². The molecule has 0 spiro atoms. The minimum Gasteiger partial charge on any atom is -0.543 e. The number of carboxylic acids is 1. The van der Waals surface area contributed by atoms with Crippen molar-refractivity contribution < 1.29 is 18.7 Å². The van der Waals surface area contributed by atoms with E-state index in [1.807, 2.05) is 0 Å². The lowest BCUT2D eigenvalue weighted by molar-refractivity contribution is -0.255. The highest BCUT2D eigenvalue weighted by Gasteiger charge is 2.71. The molecule has 3 heterocycles. The van der Waals surface area contributed by atoms with Gasteiger partial charge in [0.2, 0.25) is 5.95 Å². The monoisotopic (exact) mass is 335 g/mol. The second kappa shape index (κ2) is 4.92. The Balaban J connectivity index is 1.47. The first-order chi connectivity index (χ1) is 11.4. The lowest BCUT2D eigenvalue weighted by atomic mass is 10.2. The average Bonchev–Trinajstić information content (AvgIpc) is 3.00. The normalized spacial score (nSPS) is 24.0. The van der Waals surface area contributed by atoms with Crippen molar-refractivity contribution in [2.75, 3.05) is 18.0 Å². The number of fused-ring (bicyclic) bond motifs is 1. The summed E-state index contributed by atoms with van der Waals surface area (Å²) < 4.78 is 27.8. The molecule has 2 atom stereocenters. The van der Waals surface area contributed by atoms with Crippen molar-refractivity contribution in [3.63, 3.8) is 0 Å². The van der Waals surface area contributed by atoms with Gasteiger partial charge >= 0.3 is 0 Å². The van der Waals surface area contributed by atoms with Crippen molar-refractivity contribution in [1.82, 2.24) is 25.0 Å². The lowest BCUT2D eigenvalue weighted by Gasteiger charge is -2.20. The largest absolute Gasteiger partial charge is 0.543 e. The number of carbonyl (C=O) groups is 1. The van der Waals surface area contributed by atoms with Crippen LogP contribution in [-0.4, -0.2) is 49.9 Å². The van der Waals surface area contributed by atoms with Gasteiger partial charge in [-0.3, -0.25) is 0 Å². The molecule has 0 N–H and O–H groups in total. The Morgan fingerprint density at radius 3 is 2.71 bits per heavy atom. The third-order valence-electron chi connectivity index (χ3n) is 4.63. The number of anilines is 1. The van der Waals surface area contributed by atoms with Gasteiger partial charge in [0, 0.05) is 30.5 Å². The van der Waals surface area contributed by atoms with Gasteiger partial charge < -0.3 is 14.8 Å². The highest BCUT2D eigenvalue weighted by atomic mass is 19.3. The summed E-state index contributed by atoms with van der Waals surface area (Å²) >= 11 is 0. The van der Waals surface area contributed by atoms with E-state index >= 15 is 0 Å². The molecule has 2 aliphatic rings. The summed E-state index contributed by atoms with van der Waals surface area (Å²) in [5.74, 6) is -4.66. The number of aromatic nitrogens is 5. The molecule has 0 amide bonds. The number of carbonyl (C=O) groups excluding carboxylic acids is 1. The maximum atomic E-state index is 13.2. The van der Waals surface area contributed by atoms with Crippen molar-refractivity contribution >= 4 is 11.9 Å². The molecule has 0 bridgehead atoms. The Bertz CT molecular complexity index is 809. The molecule has 0 radical (unpaired) electrons. The second-order valence-corrected chi connectivity index (χ2v) is 6.16. The van der Waals surface area contributed by atoms with Crippen LogP contribution in [0.2, 0.25) is 0 Å². The summed E-state index contributed by atoms with van der Waals surface area (Å²) in [4.78, 5) is 21.1. The first-order valence-electron chi connectivity index (χ1n) is 7.43. The van der Waals surface area contributed by atoms with E-state index in [-0.39, 0.29) is 25.3 Å². The molecule has 10 heteroatoms. The van der Waals surface area contributed by atoms with Gasteiger partial charge in [0.25, 0.3) is 5.92 Å². The van der Waals surface area contributed by atoms with Gasteiger partial charge in [0.15, 0.2) is 0 Å². The van der Waals surface area contributed by atoms with E-state index in [2.05, 4.69) is 20.3 Å². The predicted molar refractivity (Wildman–Crippen MR) is 74.4 cm³/mol. The molecule has 8 nitrogen and oxygen atoms in total. The minimum absolute atomic E-state index is 0.248. The lowest BCUT2D eigenvalue weighted by Crippen LogP contribution is -2.29. The molecule has 24 heavy (non-hydrogen) atoms. The zero-order valence-electron chi connectivity index (χ0n) is 12.7. The topological polar surface area (TPSA) is 99.9 Å². The fourth-order valence-corrected chi connectivity index (χ4v) is 3.10. The van der Waals surface area contributed by atoms with Crippen LogP contribution in [0.1, 0.15) is 21.7 Å². The molecular formula is C14H13F2N6O2-. The molecule has 1 saturated heterocycles.